The highest BCUT2D eigenvalue weighted by Gasteiger charge is 2.28. The molecule has 2 aromatic carbocycles. The summed E-state index contributed by atoms with van der Waals surface area (Å²) in [5.41, 5.74) is 2.67. The van der Waals surface area contributed by atoms with Gasteiger partial charge in [-0.2, -0.15) is 0 Å². The monoisotopic (exact) mass is 335 g/mol. The summed E-state index contributed by atoms with van der Waals surface area (Å²) in [5, 5.41) is 3.08. The van der Waals surface area contributed by atoms with Crippen molar-refractivity contribution in [2.24, 2.45) is 0 Å². The molecule has 0 fully saturated rings. The van der Waals surface area contributed by atoms with Gasteiger partial charge in [-0.25, -0.2) is 4.98 Å². The van der Waals surface area contributed by atoms with Gasteiger partial charge >= 0.3 is 0 Å². The minimum atomic E-state index is -0.529. The van der Waals surface area contributed by atoms with Crippen LogP contribution in [0.2, 0.25) is 0 Å². The first-order chi connectivity index (χ1) is 12.0. The first-order valence-electron chi connectivity index (χ1n) is 8.76. The SMILES string of the molecule is Cc1nc2ccccc2n1CCCNC(=O)C(C)(C)c1ccccc1. The number of nitrogens with zero attached hydrogens (tertiary/aromatic N) is 2. The number of carbonyl (C=O) groups is 1. The number of hydrogen-bond donors (Lipinski definition) is 1. The van der Waals surface area contributed by atoms with E-state index >= 15 is 0 Å². The number of rotatable bonds is 6. The lowest BCUT2D eigenvalue weighted by Crippen LogP contribution is -2.40. The quantitative estimate of drug-likeness (QED) is 0.696. The zero-order valence-electron chi connectivity index (χ0n) is 15.1. The summed E-state index contributed by atoms with van der Waals surface area (Å²) >= 11 is 0. The van der Waals surface area contributed by atoms with Crippen molar-refractivity contribution in [2.45, 2.75) is 39.2 Å². The summed E-state index contributed by atoms with van der Waals surface area (Å²) in [4.78, 5) is 17.2. The topological polar surface area (TPSA) is 46.9 Å². The van der Waals surface area contributed by atoms with E-state index in [1.165, 1.54) is 0 Å². The zero-order valence-corrected chi connectivity index (χ0v) is 15.1. The van der Waals surface area contributed by atoms with Crippen LogP contribution in [0.4, 0.5) is 0 Å². The number of para-hydroxylation sites is 2. The smallest absolute Gasteiger partial charge is 0.230 e. The van der Waals surface area contributed by atoms with Crippen LogP contribution >= 0.6 is 0 Å². The van der Waals surface area contributed by atoms with Gasteiger partial charge in [0.05, 0.1) is 16.4 Å². The molecule has 0 saturated carbocycles. The number of nitrogens with one attached hydrogen (secondary N) is 1. The minimum absolute atomic E-state index is 0.0610. The van der Waals surface area contributed by atoms with Gasteiger partial charge in [-0.05, 0) is 44.9 Å². The molecule has 0 aliphatic heterocycles. The molecule has 3 rings (SSSR count). The summed E-state index contributed by atoms with van der Waals surface area (Å²) in [7, 11) is 0. The summed E-state index contributed by atoms with van der Waals surface area (Å²) in [6.45, 7) is 7.45. The second kappa shape index (κ2) is 7.09. The van der Waals surface area contributed by atoms with E-state index in [1.54, 1.807) is 0 Å². The maximum absolute atomic E-state index is 12.6. The van der Waals surface area contributed by atoms with Crippen molar-refractivity contribution < 1.29 is 4.79 Å². The van der Waals surface area contributed by atoms with Gasteiger partial charge < -0.3 is 9.88 Å². The van der Waals surface area contributed by atoms with Gasteiger partial charge in [0.2, 0.25) is 5.91 Å². The first kappa shape index (κ1) is 17.2. The van der Waals surface area contributed by atoms with E-state index in [2.05, 4.69) is 20.9 Å². The molecule has 3 aromatic rings. The molecular weight excluding hydrogens is 310 g/mol. The van der Waals surface area contributed by atoms with Crippen LogP contribution in [0.5, 0.6) is 0 Å². The van der Waals surface area contributed by atoms with Gasteiger partial charge in [0.1, 0.15) is 5.82 Å². The van der Waals surface area contributed by atoms with E-state index in [0.29, 0.717) is 6.54 Å². The average Bonchev–Trinajstić information content (AvgIpc) is 2.94. The Bertz CT molecular complexity index is 865. The molecule has 0 aliphatic rings. The molecule has 1 N–H and O–H groups in total. The average molecular weight is 335 g/mol. The van der Waals surface area contributed by atoms with Crippen molar-refractivity contribution in [1.29, 1.82) is 0 Å². The number of fused-ring (bicyclic) bond motifs is 1. The number of hydrogen-bond acceptors (Lipinski definition) is 2. The Morgan fingerprint density at radius 2 is 1.76 bits per heavy atom. The Morgan fingerprint density at radius 3 is 2.52 bits per heavy atom. The summed E-state index contributed by atoms with van der Waals surface area (Å²) in [6.07, 6.45) is 0.873. The predicted molar refractivity (Wildman–Crippen MR) is 102 cm³/mol. The molecular formula is C21H25N3O. The molecule has 4 heteroatoms. The van der Waals surface area contributed by atoms with Gasteiger partial charge in [-0.1, -0.05) is 42.5 Å². The normalized spacial score (nSPS) is 11.6. The molecule has 25 heavy (non-hydrogen) atoms. The molecule has 0 radical (unpaired) electrons. The van der Waals surface area contributed by atoms with Gasteiger partial charge in [0.15, 0.2) is 0 Å². The lowest BCUT2D eigenvalue weighted by Gasteiger charge is -2.24. The highest BCUT2D eigenvalue weighted by atomic mass is 16.2. The Balaban J connectivity index is 1.58. The summed E-state index contributed by atoms with van der Waals surface area (Å²) in [5.74, 6) is 1.07. The second-order valence-corrected chi connectivity index (χ2v) is 6.90. The molecule has 0 unspecified atom stereocenters. The molecule has 1 aromatic heterocycles. The zero-order chi connectivity index (χ0) is 17.9. The predicted octanol–water partition coefficient (Wildman–Crippen LogP) is 3.83. The van der Waals surface area contributed by atoms with Gasteiger partial charge in [-0.3, -0.25) is 4.79 Å². The fourth-order valence-electron chi connectivity index (χ4n) is 3.12. The van der Waals surface area contributed by atoms with Crippen LogP contribution in [0, 0.1) is 6.92 Å². The third-order valence-corrected chi connectivity index (χ3v) is 4.75. The van der Waals surface area contributed by atoms with Crippen molar-refractivity contribution in [3.8, 4) is 0 Å². The fourth-order valence-corrected chi connectivity index (χ4v) is 3.12. The molecule has 4 nitrogen and oxygen atoms in total. The third-order valence-electron chi connectivity index (χ3n) is 4.75. The highest BCUT2D eigenvalue weighted by molar-refractivity contribution is 5.87. The van der Waals surface area contributed by atoms with E-state index in [0.717, 1.165) is 35.4 Å². The highest BCUT2D eigenvalue weighted by Crippen LogP contribution is 2.23. The minimum Gasteiger partial charge on any atom is -0.355 e. The van der Waals surface area contributed by atoms with Crippen LogP contribution in [0.25, 0.3) is 11.0 Å². The van der Waals surface area contributed by atoms with Crippen molar-refractivity contribution >= 4 is 16.9 Å². The first-order valence-corrected chi connectivity index (χ1v) is 8.76. The second-order valence-electron chi connectivity index (χ2n) is 6.90. The number of imidazole rings is 1. The van der Waals surface area contributed by atoms with Crippen LogP contribution in [-0.2, 0) is 16.8 Å². The number of benzene rings is 2. The maximum Gasteiger partial charge on any atom is 0.230 e. The van der Waals surface area contributed by atoms with Crippen molar-refractivity contribution in [3.05, 3.63) is 66.0 Å². The number of aryl methyl sites for hydroxylation is 2. The van der Waals surface area contributed by atoms with Crippen LogP contribution in [0.1, 0.15) is 31.7 Å². The van der Waals surface area contributed by atoms with E-state index in [1.807, 2.05) is 69.3 Å². The fraction of sp³-hybridized carbons (Fsp3) is 0.333. The third kappa shape index (κ3) is 3.58. The lowest BCUT2D eigenvalue weighted by atomic mass is 9.84. The van der Waals surface area contributed by atoms with Crippen LogP contribution in [-0.4, -0.2) is 22.0 Å². The molecule has 0 saturated heterocycles. The molecule has 1 amide bonds. The Kier molecular flexibility index (Phi) is 4.88. The number of carbonyl (C=O) groups excluding carboxylic acids is 1. The number of aromatic nitrogens is 2. The molecule has 130 valence electrons. The van der Waals surface area contributed by atoms with Crippen LogP contribution in [0.15, 0.2) is 54.6 Å². The van der Waals surface area contributed by atoms with Crippen molar-refractivity contribution in [1.82, 2.24) is 14.9 Å². The lowest BCUT2D eigenvalue weighted by molar-refractivity contribution is -0.125. The number of amides is 1. The van der Waals surface area contributed by atoms with E-state index in [9.17, 15) is 4.79 Å². The van der Waals surface area contributed by atoms with Crippen molar-refractivity contribution in [2.75, 3.05) is 6.54 Å². The standard InChI is InChI=1S/C21H25N3O/c1-16-23-18-12-7-8-13-19(18)24(16)15-9-14-22-20(25)21(2,3)17-10-5-4-6-11-17/h4-8,10-13H,9,14-15H2,1-3H3,(H,22,25). The molecule has 0 aliphatic carbocycles. The van der Waals surface area contributed by atoms with E-state index < -0.39 is 5.41 Å². The summed E-state index contributed by atoms with van der Waals surface area (Å²) < 4.78 is 2.21. The van der Waals surface area contributed by atoms with E-state index in [-0.39, 0.29) is 5.91 Å². The Morgan fingerprint density at radius 1 is 1.08 bits per heavy atom. The molecule has 0 atom stereocenters. The van der Waals surface area contributed by atoms with Crippen LogP contribution in [0.3, 0.4) is 0 Å². The Hall–Kier alpha value is -2.62. The molecule has 1 heterocycles. The van der Waals surface area contributed by atoms with Gasteiger partial charge in [0, 0.05) is 13.1 Å². The Labute approximate surface area is 148 Å². The van der Waals surface area contributed by atoms with Gasteiger partial charge in [0.25, 0.3) is 0 Å². The van der Waals surface area contributed by atoms with E-state index in [4.69, 9.17) is 0 Å². The summed E-state index contributed by atoms with van der Waals surface area (Å²) in [6, 6.07) is 18.1. The molecule has 0 spiro atoms. The van der Waals surface area contributed by atoms with Gasteiger partial charge in [-0.15, -0.1) is 0 Å². The largest absolute Gasteiger partial charge is 0.355 e. The van der Waals surface area contributed by atoms with Crippen LogP contribution < -0.4 is 5.32 Å². The maximum atomic E-state index is 12.6. The molecule has 0 bridgehead atoms. The van der Waals surface area contributed by atoms with Crippen molar-refractivity contribution in [3.63, 3.8) is 0 Å².